The fourth-order valence-electron chi connectivity index (χ4n) is 1.94. The van der Waals surface area contributed by atoms with Gasteiger partial charge in [0.05, 0.1) is 6.10 Å². The van der Waals surface area contributed by atoms with Crippen LogP contribution in [-0.4, -0.2) is 16.2 Å². The number of pyridine rings is 1. The van der Waals surface area contributed by atoms with Crippen LogP contribution < -0.4 is 0 Å². The fraction of sp³-hybridized carbons (Fsp3) is 0.583. The Bertz CT molecular complexity index is 286. The molecule has 0 radical (unpaired) electrons. The van der Waals surface area contributed by atoms with Gasteiger partial charge in [0.15, 0.2) is 0 Å². The summed E-state index contributed by atoms with van der Waals surface area (Å²) in [5, 5.41) is 9.79. The Balaban J connectivity index is 1.77. The van der Waals surface area contributed by atoms with Crippen LogP contribution in [-0.2, 0) is 6.42 Å². The molecule has 2 heteroatoms. The van der Waals surface area contributed by atoms with Crippen LogP contribution in [0.3, 0.4) is 0 Å². The normalized spacial score (nSPS) is 27.3. The molecule has 0 aromatic carbocycles. The van der Waals surface area contributed by atoms with E-state index in [1.807, 2.05) is 24.4 Å². The summed E-state index contributed by atoms with van der Waals surface area (Å²) in [6, 6.07) is 5.93. The molecular weight excluding hydrogens is 174 g/mol. The average molecular weight is 191 g/mol. The van der Waals surface area contributed by atoms with E-state index in [2.05, 4.69) is 11.9 Å². The van der Waals surface area contributed by atoms with Crippen LogP contribution in [0.5, 0.6) is 0 Å². The number of aromatic nitrogens is 1. The number of aliphatic hydroxyl groups is 1. The van der Waals surface area contributed by atoms with Crippen LogP contribution in [0.25, 0.3) is 0 Å². The smallest absolute Gasteiger partial charge is 0.0574 e. The lowest BCUT2D eigenvalue weighted by atomic mass is 10.1. The minimum Gasteiger partial charge on any atom is -0.393 e. The van der Waals surface area contributed by atoms with Crippen LogP contribution in [0, 0.1) is 11.8 Å². The molecule has 2 nitrogen and oxygen atoms in total. The highest BCUT2D eigenvalue weighted by atomic mass is 16.3. The van der Waals surface area contributed by atoms with Crippen LogP contribution in [0.1, 0.15) is 25.5 Å². The second-order valence-corrected chi connectivity index (χ2v) is 4.30. The lowest BCUT2D eigenvalue weighted by Crippen LogP contribution is -2.11. The maximum absolute atomic E-state index is 9.79. The van der Waals surface area contributed by atoms with E-state index in [4.69, 9.17) is 0 Å². The van der Waals surface area contributed by atoms with Crippen molar-refractivity contribution in [3.63, 3.8) is 0 Å². The number of hydrogen-bond acceptors (Lipinski definition) is 2. The van der Waals surface area contributed by atoms with Gasteiger partial charge in [0.1, 0.15) is 0 Å². The third-order valence-electron chi connectivity index (χ3n) is 3.09. The number of rotatable bonds is 4. The van der Waals surface area contributed by atoms with E-state index < -0.39 is 0 Å². The summed E-state index contributed by atoms with van der Waals surface area (Å²) in [4.78, 5) is 4.24. The molecule has 3 unspecified atom stereocenters. The van der Waals surface area contributed by atoms with Crippen molar-refractivity contribution in [1.82, 2.24) is 4.98 Å². The van der Waals surface area contributed by atoms with E-state index in [-0.39, 0.29) is 6.10 Å². The number of aryl methyl sites for hydroxylation is 1. The highest BCUT2D eigenvalue weighted by molar-refractivity contribution is 5.04. The lowest BCUT2D eigenvalue weighted by molar-refractivity contribution is 0.136. The van der Waals surface area contributed by atoms with Gasteiger partial charge in [0.2, 0.25) is 0 Å². The third-order valence-corrected chi connectivity index (χ3v) is 3.09. The maximum Gasteiger partial charge on any atom is 0.0574 e. The van der Waals surface area contributed by atoms with Crippen LogP contribution in [0.15, 0.2) is 24.4 Å². The topological polar surface area (TPSA) is 33.1 Å². The third kappa shape index (κ3) is 2.32. The van der Waals surface area contributed by atoms with E-state index in [0.29, 0.717) is 5.92 Å². The molecule has 1 saturated carbocycles. The van der Waals surface area contributed by atoms with Gasteiger partial charge in [-0.3, -0.25) is 4.98 Å². The van der Waals surface area contributed by atoms with E-state index in [1.165, 1.54) is 6.42 Å². The lowest BCUT2D eigenvalue weighted by Gasteiger charge is -2.08. The quantitative estimate of drug-likeness (QED) is 0.790. The van der Waals surface area contributed by atoms with Crippen LogP contribution in [0.2, 0.25) is 0 Å². The molecule has 1 aromatic heterocycles. The Morgan fingerprint density at radius 3 is 2.93 bits per heavy atom. The Kier molecular flexibility index (Phi) is 2.82. The molecule has 3 atom stereocenters. The average Bonchev–Trinajstić information content (AvgIpc) is 2.94. The number of hydrogen-bond donors (Lipinski definition) is 1. The molecule has 0 aliphatic heterocycles. The zero-order valence-electron chi connectivity index (χ0n) is 8.56. The van der Waals surface area contributed by atoms with E-state index in [0.717, 1.165) is 24.5 Å². The minimum atomic E-state index is -0.119. The summed E-state index contributed by atoms with van der Waals surface area (Å²) in [5.41, 5.74) is 1.08. The highest BCUT2D eigenvalue weighted by Crippen LogP contribution is 2.41. The second-order valence-electron chi connectivity index (χ2n) is 4.30. The molecule has 0 amide bonds. The van der Waals surface area contributed by atoms with Gasteiger partial charge in [-0.2, -0.15) is 0 Å². The first-order valence-electron chi connectivity index (χ1n) is 5.35. The molecule has 2 rings (SSSR count). The van der Waals surface area contributed by atoms with E-state index in [1.54, 1.807) is 0 Å². The number of nitrogens with zero attached hydrogens (tertiary/aromatic N) is 1. The first-order chi connectivity index (χ1) is 6.77. The predicted molar refractivity (Wildman–Crippen MR) is 55.8 cm³/mol. The van der Waals surface area contributed by atoms with Crippen molar-refractivity contribution in [2.45, 2.75) is 32.3 Å². The van der Waals surface area contributed by atoms with Gasteiger partial charge in [-0.15, -0.1) is 0 Å². The summed E-state index contributed by atoms with van der Waals surface area (Å²) >= 11 is 0. The second kappa shape index (κ2) is 4.09. The Morgan fingerprint density at radius 2 is 2.36 bits per heavy atom. The maximum atomic E-state index is 9.79. The zero-order valence-corrected chi connectivity index (χ0v) is 8.56. The first-order valence-corrected chi connectivity index (χ1v) is 5.35. The van der Waals surface area contributed by atoms with E-state index in [9.17, 15) is 5.11 Å². The van der Waals surface area contributed by atoms with Crippen molar-refractivity contribution in [3.05, 3.63) is 30.1 Å². The van der Waals surface area contributed by atoms with Crippen molar-refractivity contribution in [3.8, 4) is 0 Å². The molecule has 1 aliphatic rings. The molecular formula is C12H17NO. The molecule has 1 fully saturated rings. The van der Waals surface area contributed by atoms with Gasteiger partial charge < -0.3 is 5.11 Å². The van der Waals surface area contributed by atoms with Crippen LogP contribution >= 0.6 is 0 Å². The Hall–Kier alpha value is -0.890. The van der Waals surface area contributed by atoms with Crippen molar-refractivity contribution in [2.24, 2.45) is 11.8 Å². The SMILES string of the molecule is CC1CC1C(O)CCc1ccccn1. The summed E-state index contributed by atoms with van der Waals surface area (Å²) in [5.74, 6) is 1.28. The largest absolute Gasteiger partial charge is 0.393 e. The zero-order chi connectivity index (χ0) is 9.97. The molecule has 1 aromatic rings. The summed E-state index contributed by atoms with van der Waals surface area (Å²) in [7, 11) is 0. The molecule has 1 aliphatic carbocycles. The van der Waals surface area contributed by atoms with Crippen molar-refractivity contribution >= 4 is 0 Å². The standard InChI is InChI=1S/C12H17NO/c1-9-8-11(9)12(14)6-5-10-4-2-3-7-13-10/h2-4,7,9,11-12,14H,5-6,8H2,1H3. The monoisotopic (exact) mass is 191 g/mol. The minimum absolute atomic E-state index is 0.119. The van der Waals surface area contributed by atoms with Crippen LogP contribution in [0.4, 0.5) is 0 Å². The first kappa shape index (κ1) is 9.66. The summed E-state index contributed by atoms with van der Waals surface area (Å²) in [6.45, 7) is 2.20. The van der Waals surface area contributed by atoms with E-state index >= 15 is 0 Å². The molecule has 1 heterocycles. The predicted octanol–water partition coefficient (Wildman–Crippen LogP) is 2.03. The van der Waals surface area contributed by atoms with Gasteiger partial charge in [-0.1, -0.05) is 13.0 Å². The van der Waals surface area contributed by atoms with Crippen molar-refractivity contribution in [1.29, 1.82) is 0 Å². The Labute approximate surface area is 85.0 Å². The van der Waals surface area contributed by atoms with Gasteiger partial charge >= 0.3 is 0 Å². The molecule has 0 saturated heterocycles. The molecule has 0 bridgehead atoms. The van der Waals surface area contributed by atoms with Gasteiger partial charge in [-0.05, 0) is 43.2 Å². The number of aliphatic hydroxyl groups excluding tert-OH is 1. The Morgan fingerprint density at radius 1 is 1.57 bits per heavy atom. The van der Waals surface area contributed by atoms with Gasteiger partial charge in [0.25, 0.3) is 0 Å². The van der Waals surface area contributed by atoms with Crippen molar-refractivity contribution in [2.75, 3.05) is 0 Å². The highest BCUT2D eigenvalue weighted by Gasteiger charge is 2.38. The molecule has 76 valence electrons. The van der Waals surface area contributed by atoms with Crippen molar-refractivity contribution < 1.29 is 5.11 Å². The van der Waals surface area contributed by atoms with Gasteiger partial charge in [-0.25, -0.2) is 0 Å². The summed E-state index contributed by atoms with van der Waals surface area (Å²) in [6.07, 6.45) is 4.63. The molecule has 14 heavy (non-hydrogen) atoms. The molecule has 0 spiro atoms. The summed E-state index contributed by atoms with van der Waals surface area (Å²) < 4.78 is 0. The molecule has 1 N–H and O–H groups in total. The fourth-order valence-corrected chi connectivity index (χ4v) is 1.94. The van der Waals surface area contributed by atoms with Gasteiger partial charge in [0, 0.05) is 11.9 Å².